The van der Waals surface area contributed by atoms with Crippen LogP contribution in [0.1, 0.15) is 16.1 Å². The summed E-state index contributed by atoms with van der Waals surface area (Å²) in [6, 6.07) is 6.54. The second kappa shape index (κ2) is 5.75. The van der Waals surface area contributed by atoms with Gasteiger partial charge >= 0.3 is 5.97 Å². The van der Waals surface area contributed by atoms with E-state index in [9.17, 15) is 4.79 Å². The Hall–Kier alpha value is -2.01. The Morgan fingerprint density at radius 2 is 2.26 bits per heavy atom. The maximum Gasteiger partial charge on any atom is 0.339 e. The summed E-state index contributed by atoms with van der Waals surface area (Å²) in [6.45, 7) is 0.337. The lowest BCUT2D eigenvalue weighted by Crippen LogP contribution is -2.09. The molecule has 1 aromatic heterocycles. The molecule has 6 heteroatoms. The van der Waals surface area contributed by atoms with Crippen LogP contribution in [-0.4, -0.2) is 27.5 Å². The minimum absolute atomic E-state index is 0.0671. The Labute approximate surface area is 115 Å². The molecule has 1 N–H and O–H groups in total. The maximum absolute atomic E-state index is 11.1. The lowest BCUT2D eigenvalue weighted by Gasteiger charge is -2.10. The highest BCUT2D eigenvalue weighted by molar-refractivity contribution is 6.32. The van der Waals surface area contributed by atoms with Crippen LogP contribution in [0.25, 0.3) is 0 Å². The fraction of sp³-hybridized carbons (Fsp3) is 0.231. The van der Waals surface area contributed by atoms with Crippen molar-refractivity contribution < 1.29 is 14.6 Å². The van der Waals surface area contributed by atoms with Crippen LogP contribution in [0.3, 0.4) is 0 Å². The van der Waals surface area contributed by atoms with Crippen LogP contribution in [0.4, 0.5) is 0 Å². The first-order valence-corrected chi connectivity index (χ1v) is 6.09. The Balaban J connectivity index is 2.07. The van der Waals surface area contributed by atoms with Crippen LogP contribution in [0.5, 0.6) is 5.75 Å². The van der Waals surface area contributed by atoms with Gasteiger partial charge in [-0.15, -0.1) is 0 Å². The minimum atomic E-state index is -1.06. The van der Waals surface area contributed by atoms with E-state index in [4.69, 9.17) is 21.4 Å². The fourth-order valence-electron chi connectivity index (χ4n) is 1.73. The van der Waals surface area contributed by atoms with Crippen molar-refractivity contribution in [2.75, 3.05) is 6.61 Å². The Bertz CT molecular complexity index is 595. The van der Waals surface area contributed by atoms with Crippen molar-refractivity contribution in [2.24, 2.45) is 7.05 Å². The van der Waals surface area contributed by atoms with Gasteiger partial charge in [0.2, 0.25) is 0 Å². The van der Waals surface area contributed by atoms with Gasteiger partial charge in [0.05, 0.1) is 11.6 Å². The van der Waals surface area contributed by atoms with Crippen LogP contribution >= 0.6 is 11.6 Å². The van der Waals surface area contributed by atoms with Crippen molar-refractivity contribution >= 4 is 17.6 Å². The van der Waals surface area contributed by atoms with Gasteiger partial charge in [0, 0.05) is 25.4 Å². The number of ether oxygens (including phenoxy) is 1. The van der Waals surface area contributed by atoms with Crippen molar-refractivity contribution in [3.63, 3.8) is 0 Å². The molecule has 0 atom stereocenters. The summed E-state index contributed by atoms with van der Waals surface area (Å²) in [7, 11) is 1.84. The molecule has 0 fully saturated rings. The number of carbonyl (C=O) groups is 1. The molecule has 2 rings (SSSR count). The Morgan fingerprint density at radius 3 is 2.89 bits per heavy atom. The van der Waals surface area contributed by atoms with E-state index in [1.54, 1.807) is 23.0 Å². The number of aromatic carboxylic acids is 1. The molecule has 1 aromatic carbocycles. The van der Waals surface area contributed by atoms with Gasteiger partial charge in [0.15, 0.2) is 5.75 Å². The molecule has 0 aliphatic heterocycles. The number of aromatic nitrogens is 2. The molecule has 0 spiro atoms. The first kappa shape index (κ1) is 13.4. The third kappa shape index (κ3) is 3.06. The summed E-state index contributed by atoms with van der Waals surface area (Å²) in [5.74, 6) is -0.850. The zero-order chi connectivity index (χ0) is 13.8. The smallest absolute Gasteiger partial charge is 0.339 e. The molecule has 0 aliphatic carbocycles. The van der Waals surface area contributed by atoms with Gasteiger partial charge in [0.25, 0.3) is 0 Å². The number of rotatable bonds is 5. The molecule has 0 saturated carbocycles. The quantitative estimate of drug-likeness (QED) is 0.913. The van der Waals surface area contributed by atoms with E-state index in [1.807, 2.05) is 13.1 Å². The summed E-state index contributed by atoms with van der Waals surface area (Å²) in [5.41, 5.74) is 1.07. The van der Waals surface area contributed by atoms with Crippen molar-refractivity contribution in [2.45, 2.75) is 6.42 Å². The minimum Gasteiger partial charge on any atom is -0.491 e. The Kier molecular flexibility index (Phi) is 4.06. The molecule has 0 aliphatic rings. The van der Waals surface area contributed by atoms with E-state index in [0.717, 1.165) is 5.69 Å². The summed E-state index contributed by atoms with van der Waals surface area (Å²) in [6.07, 6.45) is 2.33. The van der Waals surface area contributed by atoms with Crippen molar-refractivity contribution in [3.05, 3.63) is 46.7 Å². The van der Waals surface area contributed by atoms with E-state index in [0.29, 0.717) is 18.1 Å². The topological polar surface area (TPSA) is 64.4 Å². The predicted octanol–water partition coefficient (Wildman–Crippen LogP) is 2.39. The van der Waals surface area contributed by atoms with Crippen LogP contribution in [0.2, 0.25) is 5.02 Å². The standard InChI is InChI=1S/C13H13ClN2O3/c1-16-9(5-7-15-16)6-8-19-12-10(13(17)18)3-2-4-11(12)14/h2-5,7H,6,8H2,1H3,(H,17,18). The van der Waals surface area contributed by atoms with Gasteiger partial charge in [-0.3, -0.25) is 4.68 Å². The van der Waals surface area contributed by atoms with E-state index < -0.39 is 5.97 Å². The molecule has 100 valence electrons. The van der Waals surface area contributed by atoms with Crippen LogP contribution in [0, 0.1) is 0 Å². The van der Waals surface area contributed by atoms with Gasteiger partial charge in [-0.05, 0) is 18.2 Å². The molecular formula is C13H13ClN2O3. The van der Waals surface area contributed by atoms with Gasteiger partial charge in [0.1, 0.15) is 5.56 Å². The molecular weight excluding hydrogens is 268 g/mol. The van der Waals surface area contributed by atoms with E-state index in [2.05, 4.69) is 5.10 Å². The van der Waals surface area contributed by atoms with E-state index >= 15 is 0 Å². The van der Waals surface area contributed by atoms with Gasteiger partial charge < -0.3 is 9.84 Å². The summed E-state index contributed by atoms with van der Waals surface area (Å²) in [5, 5.41) is 13.4. The molecule has 0 amide bonds. The first-order valence-electron chi connectivity index (χ1n) is 5.71. The molecule has 0 radical (unpaired) electrons. The molecule has 0 bridgehead atoms. The third-order valence-electron chi connectivity index (χ3n) is 2.72. The number of aryl methyl sites for hydroxylation is 1. The second-order valence-corrected chi connectivity index (χ2v) is 4.37. The van der Waals surface area contributed by atoms with E-state index in [1.165, 1.54) is 6.07 Å². The van der Waals surface area contributed by atoms with Crippen LogP contribution < -0.4 is 4.74 Å². The molecule has 0 saturated heterocycles. The number of nitrogens with zero attached hydrogens (tertiary/aromatic N) is 2. The number of hydrogen-bond donors (Lipinski definition) is 1. The predicted molar refractivity (Wildman–Crippen MR) is 70.8 cm³/mol. The SMILES string of the molecule is Cn1nccc1CCOc1c(Cl)cccc1C(=O)O. The highest BCUT2D eigenvalue weighted by atomic mass is 35.5. The van der Waals surface area contributed by atoms with E-state index in [-0.39, 0.29) is 11.3 Å². The van der Waals surface area contributed by atoms with Crippen molar-refractivity contribution in [1.82, 2.24) is 9.78 Å². The maximum atomic E-state index is 11.1. The average Bonchev–Trinajstić information content (AvgIpc) is 2.77. The first-order chi connectivity index (χ1) is 9.09. The highest BCUT2D eigenvalue weighted by Crippen LogP contribution is 2.28. The van der Waals surface area contributed by atoms with Crippen LogP contribution in [-0.2, 0) is 13.5 Å². The number of hydrogen-bond acceptors (Lipinski definition) is 3. The van der Waals surface area contributed by atoms with Crippen molar-refractivity contribution in [1.29, 1.82) is 0 Å². The van der Waals surface area contributed by atoms with Gasteiger partial charge in [-0.2, -0.15) is 5.10 Å². The molecule has 1 heterocycles. The Morgan fingerprint density at radius 1 is 1.47 bits per heavy atom. The van der Waals surface area contributed by atoms with Gasteiger partial charge in [-0.1, -0.05) is 17.7 Å². The monoisotopic (exact) mass is 280 g/mol. The zero-order valence-electron chi connectivity index (χ0n) is 10.3. The third-order valence-corrected chi connectivity index (χ3v) is 3.02. The summed E-state index contributed by atoms with van der Waals surface area (Å²) < 4.78 is 7.25. The summed E-state index contributed by atoms with van der Waals surface area (Å²) in [4.78, 5) is 11.1. The highest BCUT2D eigenvalue weighted by Gasteiger charge is 2.14. The number of halogens is 1. The molecule has 2 aromatic rings. The molecule has 19 heavy (non-hydrogen) atoms. The zero-order valence-corrected chi connectivity index (χ0v) is 11.1. The number of carboxylic acids is 1. The lowest BCUT2D eigenvalue weighted by molar-refractivity contribution is 0.0692. The number of benzene rings is 1. The van der Waals surface area contributed by atoms with Gasteiger partial charge in [-0.25, -0.2) is 4.79 Å². The number of carboxylic acid groups (broad SMARTS) is 1. The van der Waals surface area contributed by atoms with Crippen LogP contribution in [0.15, 0.2) is 30.5 Å². The lowest BCUT2D eigenvalue weighted by atomic mass is 10.2. The normalized spacial score (nSPS) is 10.4. The van der Waals surface area contributed by atoms with Crippen molar-refractivity contribution in [3.8, 4) is 5.75 Å². The molecule has 5 nitrogen and oxygen atoms in total. The average molecular weight is 281 g/mol. The largest absolute Gasteiger partial charge is 0.491 e. The number of para-hydroxylation sites is 1. The summed E-state index contributed by atoms with van der Waals surface area (Å²) >= 11 is 5.96. The molecule has 0 unspecified atom stereocenters. The fourth-order valence-corrected chi connectivity index (χ4v) is 1.96. The second-order valence-electron chi connectivity index (χ2n) is 3.97.